The van der Waals surface area contributed by atoms with E-state index in [1.54, 1.807) is 11.3 Å². The Morgan fingerprint density at radius 3 is 3.05 bits per heavy atom. The van der Waals surface area contributed by atoms with E-state index in [9.17, 15) is 4.79 Å². The third kappa shape index (κ3) is 3.04. The first-order chi connectivity index (χ1) is 10.7. The molecule has 0 saturated heterocycles. The van der Waals surface area contributed by atoms with Crippen LogP contribution in [0.4, 0.5) is 0 Å². The first-order valence-corrected chi connectivity index (χ1v) is 8.29. The van der Waals surface area contributed by atoms with Gasteiger partial charge in [-0.05, 0) is 37.1 Å². The molecule has 3 aromatic heterocycles. The maximum atomic E-state index is 12.3. The Bertz CT molecular complexity index is 770. The molecule has 1 N–H and O–H groups in total. The first kappa shape index (κ1) is 14.8. The van der Waals surface area contributed by atoms with Crippen molar-refractivity contribution in [2.75, 3.05) is 0 Å². The minimum atomic E-state index is -0.0208. The standard InChI is InChI=1S/C17H19N3OS/c1-3-6-13-9-15(22-12(13)2)17(21)18-10-14-11-20-8-5-4-7-16(20)19-14/h4-5,7-9,11H,3,6,10H2,1-2H3,(H,18,21). The molecule has 0 radical (unpaired) electrons. The maximum absolute atomic E-state index is 12.3. The van der Waals surface area contributed by atoms with Gasteiger partial charge in [0.1, 0.15) is 5.65 Å². The number of amides is 1. The number of carbonyl (C=O) groups excluding carboxylic acids is 1. The lowest BCUT2D eigenvalue weighted by molar-refractivity contribution is 0.0954. The normalized spacial score (nSPS) is 11.0. The SMILES string of the molecule is CCCc1cc(C(=O)NCc2cn3ccccc3n2)sc1C. The van der Waals surface area contributed by atoms with Crippen molar-refractivity contribution in [3.63, 3.8) is 0 Å². The van der Waals surface area contributed by atoms with Crippen LogP contribution in [0.1, 0.15) is 39.2 Å². The van der Waals surface area contributed by atoms with E-state index in [1.165, 1.54) is 10.4 Å². The van der Waals surface area contributed by atoms with Gasteiger partial charge in [-0.2, -0.15) is 0 Å². The molecular formula is C17H19N3OS. The van der Waals surface area contributed by atoms with Crippen LogP contribution < -0.4 is 5.32 Å². The number of hydrogen-bond donors (Lipinski definition) is 1. The van der Waals surface area contributed by atoms with Gasteiger partial charge in [0.15, 0.2) is 0 Å². The van der Waals surface area contributed by atoms with Crippen LogP contribution in [-0.2, 0) is 13.0 Å². The number of fused-ring (bicyclic) bond motifs is 1. The predicted molar refractivity (Wildman–Crippen MR) is 89.4 cm³/mol. The second-order valence-corrected chi connectivity index (χ2v) is 6.58. The van der Waals surface area contributed by atoms with E-state index >= 15 is 0 Å². The van der Waals surface area contributed by atoms with Crippen LogP contribution in [0, 0.1) is 6.92 Å². The van der Waals surface area contributed by atoms with Crippen molar-refractivity contribution in [1.29, 1.82) is 0 Å². The molecule has 3 rings (SSSR count). The summed E-state index contributed by atoms with van der Waals surface area (Å²) in [4.78, 5) is 18.8. The van der Waals surface area contributed by atoms with Gasteiger partial charge < -0.3 is 9.72 Å². The van der Waals surface area contributed by atoms with Crippen molar-refractivity contribution in [2.24, 2.45) is 0 Å². The van der Waals surface area contributed by atoms with Crippen molar-refractivity contribution >= 4 is 22.9 Å². The van der Waals surface area contributed by atoms with E-state index in [1.807, 2.05) is 41.1 Å². The van der Waals surface area contributed by atoms with E-state index in [0.717, 1.165) is 29.1 Å². The molecule has 0 atom stereocenters. The number of thiophene rings is 1. The Kier molecular flexibility index (Phi) is 4.24. The molecule has 3 heterocycles. The van der Waals surface area contributed by atoms with Gasteiger partial charge in [-0.15, -0.1) is 11.3 Å². The summed E-state index contributed by atoms with van der Waals surface area (Å²) in [6.07, 6.45) is 6.02. The third-order valence-electron chi connectivity index (χ3n) is 3.61. The van der Waals surface area contributed by atoms with Crippen LogP contribution in [0.15, 0.2) is 36.7 Å². The van der Waals surface area contributed by atoms with Crippen LogP contribution in [-0.4, -0.2) is 15.3 Å². The smallest absolute Gasteiger partial charge is 0.261 e. The summed E-state index contributed by atoms with van der Waals surface area (Å²) in [7, 11) is 0. The quantitative estimate of drug-likeness (QED) is 0.782. The number of nitrogens with one attached hydrogen (secondary N) is 1. The van der Waals surface area contributed by atoms with Crippen LogP contribution in [0.5, 0.6) is 0 Å². The fourth-order valence-electron chi connectivity index (χ4n) is 2.48. The van der Waals surface area contributed by atoms with Crippen molar-refractivity contribution in [3.05, 3.63) is 57.7 Å². The highest BCUT2D eigenvalue weighted by atomic mass is 32.1. The molecule has 4 nitrogen and oxygen atoms in total. The molecule has 0 aliphatic rings. The van der Waals surface area contributed by atoms with Crippen LogP contribution in [0.25, 0.3) is 5.65 Å². The zero-order valence-corrected chi connectivity index (χ0v) is 13.6. The van der Waals surface area contributed by atoms with Crippen molar-refractivity contribution in [1.82, 2.24) is 14.7 Å². The van der Waals surface area contributed by atoms with Gasteiger partial charge >= 0.3 is 0 Å². The minimum absolute atomic E-state index is 0.0208. The zero-order valence-electron chi connectivity index (χ0n) is 12.8. The average Bonchev–Trinajstić information content (AvgIpc) is 3.09. The number of pyridine rings is 1. The van der Waals surface area contributed by atoms with Crippen molar-refractivity contribution < 1.29 is 4.79 Å². The summed E-state index contributed by atoms with van der Waals surface area (Å²) < 4.78 is 1.95. The molecule has 0 bridgehead atoms. The second kappa shape index (κ2) is 6.32. The maximum Gasteiger partial charge on any atom is 0.261 e. The second-order valence-electron chi connectivity index (χ2n) is 5.32. The molecule has 0 fully saturated rings. The predicted octanol–water partition coefficient (Wildman–Crippen LogP) is 3.59. The molecule has 0 aromatic carbocycles. The lowest BCUT2D eigenvalue weighted by Crippen LogP contribution is -2.21. The number of rotatable bonds is 5. The summed E-state index contributed by atoms with van der Waals surface area (Å²) in [5.41, 5.74) is 3.04. The molecular weight excluding hydrogens is 294 g/mol. The molecule has 0 aliphatic carbocycles. The molecule has 0 unspecified atom stereocenters. The minimum Gasteiger partial charge on any atom is -0.346 e. The number of carbonyl (C=O) groups is 1. The number of hydrogen-bond acceptors (Lipinski definition) is 3. The number of aromatic nitrogens is 2. The largest absolute Gasteiger partial charge is 0.346 e. The molecule has 114 valence electrons. The number of aryl methyl sites for hydroxylation is 2. The summed E-state index contributed by atoms with van der Waals surface area (Å²) in [6, 6.07) is 7.88. The molecule has 22 heavy (non-hydrogen) atoms. The molecule has 0 spiro atoms. The van der Waals surface area contributed by atoms with E-state index < -0.39 is 0 Å². The fourth-order valence-corrected chi connectivity index (χ4v) is 3.47. The van der Waals surface area contributed by atoms with Crippen LogP contribution >= 0.6 is 11.3 Å². The Hall–Kier alpha value is -2.14. The molecule has 1 amide bonds. The lowest BCUT2D eigenvalue weighted by Gasteiger charge is -2.00. The fraction of sp³-hybridized carbons (Fsp3) is 0.294. The lowest BCUT2D eigenvalue weighted by atomic mass is 10.1. The van der Waals surface area contributed by atoms with Gasteiger partial charge in [0.25, 0.3) is 5.91 Å². The number of imidazole rings is 1. The summed E-state index contributed by atoms with van der Waals surface area (Å²) in [5.74, 6) is -0.0208. The zero-order chi connectivity index (χ0) is 15.5. The Morgan fingerprint density at radius 2 is 2.27 bits per heavy atom. The van der Waals surface area contributed by atoms with E-state index in [0.29, 0.717) is 6.54 Å². The highest BCUT2D eigenvalue weighted by Gasteiger charge is 2.12. The molecule has 3 aromatic rings. The summed E-state index contributed by atoms with van der Waals surface area (Å²) >= 11 is 1.56. The van der Waals surface area contributed by atoms with Gasteiger partial charge in [-0.3, -0.25) is 4.79 Å². The Labute approximate surface area is 133 Å². The van der Waals surface area contributed by atoms with Crippen molar-refractivity contribution in [3.8, 4) is 0 Å². The highest BCUT2D eigenvalue weighted by molar-refractivity contribution is 7.14. The monoisotopic (exact) mass is 313 g/mol. The van der Waals surface area contributed by atoms with Gasteiger partial charge in [-0.25, -0.2) is 4.98 Å². The summed E-state index contributed by atoms with van der Waals surface area (Å²) in [5, 5.41) is 2.95. The van der Waals surface area contributed by atoms with E-state index in [4.69, 9.17) is 0 Å². The van der Waals surface area contributed by atoms with Crippen LogP contribution in [0.2, 0.25) is 0 Å². The van der Waals surface area contributed by atoms with Crippen molar-refractivity contribution in [2.45, 2.75) is 33.2 Å². The van der Waals surface area contributed by atoms with Gasteiger partial charge in [-0.1, -0.05) is 19.4 Å². The first-order valence-electron chi connectivity index (χ1n) is 7.47. The molecule has 5 heteroatoms. The van der Waals surface area contributed by atoms with Gasteiger partial charge in [0.05, 0.1) is 17.1 Å². The van der Waals surface area contributed by atoms with Crippen LogP contribution in [0.3, 0.4) is 0 Å². The third-order valence-corrected chi connectivity index (χ3v) is 4.70. The Morgan fingerprint density at radius 1 is 1.41 bits per heavy atom. The summed E-state index contributed by atoms with van der Waals surface area (Å²) in [6.45, 7) is 4.68. The molecule has 0 aliphatic heterocycles. The molecule has 0 saturated carbocycles. The number of nitrogens with zero attached hydrogens (tertiary/aromatic N) is 2. The topological polar surface area (TPSA) is 46.4 Å². The highest BCUT2D eigenvalue weighted by Crippen LogP contribution is 2.22. The average molecular weight is 313 g/mol. The van der Waals surface area contributed by atoms with Gasteiger partial charge in [0, 0.05) is 17.3 Å². The van der Waals surface area contributed by atoms with E-state index in [-0.39, 0.29) is 5.91 Å². The van der Waals surface area contributed by atoms with E-state index in [2.05, 4.69) is 24.1 Å². The Balaban J connectivity index is 1.67. The van der Waals surface area contributed by atoms with Gasteiger partial charge in [0.2, 0.25) is 0 Å².